The molecule has 1 atom stereocenters. The summed E-state index contributed by atoms with van der Waals surface area (Å²) in [5.74, 6) is 0.00183. The van der Waals surface area contributed by atoms with Crippen molar-refractivity contribution in [2.75, 3.05) is 31.6 Å². The van der Waals surface area contributed by atoms with Crippen LogP contribution in [0.2, 0.25) is 0 Å². The summed E-state index contributed by atoms with van der Waals surface area (Å²) in [4.78, 5) is 12.1. The van der Waals surface area contributed by atoms with Crippen LogP contribution in [0.25, 0.3) is 0 Å². The Morgan fingerprint density at radius 2 is 2.18 bits per heavy atom. The Balaban J connectivity index is 2.49. The Kier molecular flexibility index (Phi) is 4.94. The lowest BCUT2D eigenvalue weighted by atomic mass is 9.81. The second kappa shape index (κ2) is 5.82. The first-order chi connectivity index (χ1) is 7.90. The molecule has 2 N–H and O–H groups in total. The third-order valence-corrected chi connectivity index (χ3v) is 4.16. The van der Waals surface area contributed by atoms with Crippen molar-refractivity contribution in [2.45, 2.75) is 26.2 Å². The molecule has 0 aromatic heterocycles. The molecule has 0 saturated carbocycles. The Hall–Kier alpha value is -0.620. The summed E-state index contributed by atoms with van der Waals surface area (Å²) in [5.41, 5.74) is -0.327. The van der Waals surface area contributed by atoms with Gasteiger partial charge in [0.1, 0.15) is 9.84 Å². The zero-order valence-electron chi connectivity index (χ0n) is 10.6. The van der Waals surface area contributed by atoms with E-state index in [1.54, 1.807) is 0 Å². The fourth-order valence-electron chi connectivity index (χ4n) is 2.28. The van der Waals surface area contributed by atoms with Gasteiger partial charge in [-0.3, -0.25) is 4.79 Å². The van der Waals surface area contributed by atoms with Crippen molar-refractivity contribution in [1.29, 1.82) is 0 Å². The number of carbonyl (C=O) groups is 1. The van der Waals surface area contributed by atoms with E-state index in [1.807, 2.05) is 0 Å². The molecule has 1 aliphatic heterocycles. The molecular weight excluding hydrogens is 240 g/mol. The zero-order chi connectivity index (χ0) is 12.9. The first-order valence-corrected chi connectivity index (χ1v) is 8.12. The smallest absolute Gasteiger partial charge is 0.227 e. The molecule has 0 aromatic rings. The van der Waals surface area contributed by atoms with Crippen molar-refractivity contribution in [3.05, 3.63) is 0 Å². The first kappa shape index (κ1) is 14.4. The molecule has 0 spiro atoms. The minimum Gasteiger partial charge on any atom is -0.355 e. The van der Waals surface area contributed by atoms with Gasteiger partial charge in [0.2, 0.25) is 5.91 Å². The molecule has 1 unspecified atom stereocenters. The van der Waals surface area contributed by atoms with Crippen molar-refractivity contribution >= 4 is 15.7 Å². The van der Waals surface area contributed by atoms with E-state index in [1.165, 1.54) is 6.26 Å². The Morgan fingerprint density at radius 3 is 2.65 bits per heavy atom. The molecule has 1 saturated heterocycles. The van der Waals surface area contributed by atoms with E-state index >= 15 is 0 Å². The van der Waals surface area contributed by atoms with Crippen LogP contribution in [0, 0.1) is 5.41 Å². The summed E-state index contributed by atoms with van der Waals surface area (Å²) in [6, 6.07) is 0. The lowest BCUT2D eigenvalue weighted by Crippen LogP contribution is -2.43. The minimum atomic E-state index is -3.01. The lowest BCUT2D eigenvalue weighted by Gasteiger charge is -2.26. The third kappa shape index (κ3) is 4.27. The van der Waals surface area contributed by atoms with Gasteiger partial charge in [0.15, 0.2) is 0 Å². The molecule has 0 bridgehead atoms. The number of sulfone groups is 1. The average Bonchev–Trinajstić information content (AvgIpc) is 2.66. The molecule has 1 fully saturated rings. The molecule has 100 valence electrons. The molecule has 1 rings (SSSR count). The number of nitrogens with one attached hydrogen (secondary N) is 2. The predicted molar refractivity (Wildman–Crippen MR) is 67.5 cm³/mol. The van der Waals surface area contributed by atoms with Crippen LogP contribution in [0.4, 0.5) is 0 Å². The molecule has 1 heterocycles. The summed E-state index contributed by atoms with van der Waals surface area (Å²) in [6.07, 6.45) is 3.83. The maximum Gasteiger partial charge on any atom is 0.227 e. The Bertz CT molecular complexity index is 359. The van der Waals surface area contributed by atoms with Gasteiger partial charge in [0.05, 0.1) is 11.2 Å². The fourth-order valence-corrected chi connectivity index (χ4v) is 2.75. The third-order valence-electron chi connectivity index (χ3n) is 3.21. The number of rotatable bonds is 6. The lowest BCUT2D eigenvalue weighted by molar-refractivity contribution is -0.130. The van der Waals surface area contributed by atoms with E-state index in [-0.39, 0.29) is 23.6 Å². The second-order valence-corrected chi connectivity index (χ2v) is 7.10. The molecule has 0 aliphatic carbocycles. The van der Waals surface area contributed by atoms with Gasteiger partial charge in [-0.1, -0.05) is 13.3 Å². The molecule has 6 heteroatoms. The van der Waals surface area contributed by atoms with E-state index in [0.717, 1.165) is 25.8 Å². The summed E-state index contributed by atoms with van der Waals surface area (Å²) in [7, 11) is -3.01. The minimum absolute atomic E-state index is 0.00648. The number of amides is 1. The highest BCUT2D eigenvalue weighted by molar-refractivity contribution is 7.90. The molecule has 5 nitrogen and oxygen atoms in total. The van der Waals surface area contributed by atoms with Gasteiger partial charge < -0.3 is 10.6 Å². The van der Waals surface area contributed by atoms with E-state index in [9.17, 15) is 13.2 Å². The monoisotopic (exact) mass is 262 g/mol. The molecule has 1 aliphatic rings. The van der Waals surface area contributed by atoms with Crippen LogP contribution in [0.15, 0.2) is 0 Å². The number of hydrogen-bond acceptors (Lipinski definition) is 4. The molecule has 1 amide bonds. The normalized spacial score (nSPS) is 24.8. The van der Waals surface area contributed by atoms with Crippen molar-refractivity contribution in [2.24, 2.45) is 5.41 Å². The van der Waals surface area contributed by atoms with Crippen LogP contribution in [-0.4, -0.2) is 46.0 Å². The summed E-state index contributed by atoms with van der Waals surface area (Å²) < 4.78 is 22.0. The van der Waals surface area contributed by atoms with Crippen LogP contribution in [-0.2, 0) is 14.6 Å². The summed E-state index contributed by atoms with van der Waals surface area (Å²) in [5, 5.41) is 5.96. The SMILES string of the molecule is CCCC1(C(=O)NCCS(C)(=O)=O)CCNC1. The molecule has 0 aromatic carbocycles. The van der Waals surface area contributed by atoms with Crippen LogP contribution in [0.3, 0.4) is 0 Å². The highest BCUT2D eigenvalue weighted by atomic mass is 32.2. The fraction of sp³-hybridized carbons (Fsp3) is 0.909. The van der Waals surface area contributed by atoms with E-state index in [2.05, 4.69) is 17.6 Å². The maximum absolute atomic E-state index is 12.1. The van der Waals surface area contributed by atoms with Crippen molar-refractivity contribution in [3.63, 3.8) is 0 Å². The van der Waals surface area contributed by atoms with E-state index in [0.29, 0.717) is 6.54 Å². The largest absolute Gasteiger partial charge is 0.355 e. The van der Waals surface area contributed by atoms with Crippen LogP contribution in [0.5, 0.6) is 0 Å². The van der Waals surface area contributed by atoms with Crippen molar-refractivity contribution in [1.82, 2.24) is 10.6 Å². The Morgan fingerprint density at radius 1 is 1.47 bits per heavy atom. The van der Waals surface area contributed by atoms with Gasteiger partial charge in [-0.2, -0.15) is 0 Å². The number of hydrogen-bond donors (Lipinski definition) is 2. The van der Waals surface area contributed by atoms with Crippen LogP contribution < -0.4 is 10.6 Å². The molecular formula is C11H22N2O3S. The second-order valence-electron chi connectivity index (χ2n) is 4.84. The van der Waals surface area contributed by atoms with Gasteiger partial charge in [0.25, 0.3) is 0 Å². The zero-order valence-corrected chi connectivity index (χ0v) is 11.4. The summed E-state index contributed by atoms with van der Waals surface area (Å²) >= 11 is 0. The van der Waals surface area contributed by atoms with Crippen LogP contribution >= 0.6 is 0 Å². The van der Waals surface area contributed by atoms with Gasteiger partial charge in [0, 0.05) is 19.3 Å². The van der Waals surface area contributed by atoms with Gasteiger partial charge in [-0.15, -0.1) is 0 Å². The maximum atomic E-state index is 12.1. The molecule has 0 radical (unpaired) electrons. The van der Waals surface area contributed by atoms with Gasteiger partial charge in [-0.25, -0.2) is 8.42 Å². The van der Waals surface area contributed by atoms with Crippen LogP contribution in [0.1, 0.15) is 26.2 Å². The van der Waals surface area contributed by atoms with Crippen molar-refractivity contribution < 1.29 is 13.2 Å². The Labute approximate surface area is 103 Å². The van der Waals surface area contributed by atoms with E-state index < -0.39 is 9.84 Å². The predicted octanol–water partition coefficient (Wildman–Crippen LogP) is -0.0730. The topological polar surface area (TPSA) is 75.3 Å². The quantitative estimate of drug-likeness (QED) is 0.702. The summed E-state index contributed by atoms with van der Waals surface area (Å²) in [6.45, 7) is 3.83. The standard InChI is InChI=1S/C11H22N2O3S/c1-3-4-11(5-6-12-9-11)10(14)13-7-8-17(2,15)16/h12H,3-9H2,1-2H3,(H,13,14). The average molecular weight is 262 g/mol. The van der Waals surface area contributed by atoms with Gasteiger partial charge in [-0.05, 0) is 19.4 Å². The first-order valence-electron chi connectivity index (χ1n) is 6.06. The highest BCUT2D eigenvalue weighted by Gasteiger charge is 2.39. The highest BCUT2D eigenvalue weighted by Crippen LogP contribution is 2.31. The van der Waals surface area contributed by atoms with E-state index in [4.69, 9.17) is 0 Å². The van der Waals surface area contributed by atoms with Crippen molar-refractivity contribution in [3.8, 4) is 0 Å². The van der Waals surface area contributed by atoms with Gasteiger partial charge >= 0.3 is 0 Å². The number of carbonyl (C=O) groups excluding carboxylic acids is 1. The molecule has 17 heavy (non-hydrogen) atoms.